The maximum absolute atomic E-state index is 13.2. The lowest BCUT2D eigenvalue weighted by atomic mass is 10.0. The number of fused-ring (bicyclic) bond motifs is 1. The number of esters is 1. The zero-order valence-corrected chi connectivity index (χ0v) is 21.7. The van der Waals surface area contributed by atoms with Gasteiger partial charge in [0.25, 0.3) is 5.91 Å². The van der Waals surface area contributed by atoms with E-state index >= 15 is 0 Å². The molecule has 4 aromatic rings. The molecule has 170 valence electrons. The van der Waals surface area contributed by atoms with Crippen LogP contribution in [0, 0.1) is 13.8 Å². The molecular formula is C24H22BrN3O3S2. The Morgan fingerprint density at radius 1 is 1.18 bits per heavy atom. The minimum Gasteiger partial charge on any atom is -0.459 e. The summed E-state index contributed by atoms with van der Waals surface area (Å²) in [5.41, 5.74) is 10.4. The van der Waals surface area contributed by atoms with Crippen molar-refractivity contribution in [1.82, 2.24) is 4.98 Å². The number of carbonyl (C=O) groups is 2. The quantitative estimate of drug-likeness (QED) is 0.270. The molecule has 0 aliphatic rings. The van der Waals surface area contributed by atoms with Gasteiger partial charge in [0.15, 0.2) is 0 Å². The lowest BCUT2D eigenvalue weighted by Crippen LogP contribution is -2.16. The standard InChI is InChI=1S/C24H22BrN3O3S2/c1-11(2)31-24(30)18-16(14-5-7-15(25)8-6-14)10-32-22(18)28-21(29)20-19(26)17-12(3)9-13(4)27-23(17)33-20/h5-11H,26H2,1-4H3,(H,28,29). The number of nitrogen functional groups attached to an aromatic ring is 1. The van der Waals surface area contributed by atoms with Gasteiger partial charge in [0, 0.05) is 26.5 Å². The number of aromatic nitrogens is 1. The topological polar surface area (TPSA) is 94.3 Å². The van der Waals surface area contributed by atoms with Crippen LogP contribution >= 0.6 is 38.6 Å². The summed E-state index contributed by atoms with van der Waals surface area (Å²) in [4.78, 5) is 31.8. The summed E-state index contributed by atoms with van der Waals surface area (Å²) >= 11 is 5.95. The lowest BCUT2D eigenvalue weighted by Gasteiger charge is -2.11. The average Bonchev–Trinajstić information content (AvgIpc) is 3.29. The van der Waals surface area contributed by atoms with Crippen LogP contribution in [-0.4, -0.2) is 23.0 Å². The van der Waals surface area contributed by atoms with E-state index in [1.165, 1.54) is 22.7 Å². The highest BCUT2D eigenvalue weighted by Crippen LogP contribution is 2.39. The summed E-state index contributed by atoms with van der Waals surface area (Å²) < 4.78 is 6.42. The number of thiophene rings is 2. The summed E-state index contributed by atoms with van der Waals surface area (Å²) in [6.45, 7) is 7.43. The predicted molar refractivity (Wildman–Crippen MR) is 139 cm³/mol. The van der Waals surface area contributed by atoms with E-state index in [-0.39, 0.29) is 12.0 Å². The molecule has 3 aromatic heterocycles. The molecule has 3 heterocycles. The van der Waals surface area contributed by atoms with Gasteiger partial charge in [-0.2, -0.15) is 0 Å². The first-order valence-electron chi connectivity index (χ1n) is 10.2. The molecule has 9 heteroatoms. The van der Waals surface area contributed by atoms with E-state index in [4.69, 9.17) is 10.5 Å². The summed E-state index contributed by atoms with van der Waals surface area (Å²) in [5.74, 6) is -0.868. The van der Waals surface area contributed by atoms with Crippen LogP contribution in [-0.2, 0) is 4.74 Å². The number of rotatable bonds is 5. The number of nitrogens with zero attached hydrogens (tertiary/aromatic N) is 1. The van der Waals surface area contributed by atoms with Crippen molar-refractivity contribution in [3.05, 3.63) is 61.9 Å². The van der Waals surface area contributed by atoms with Gasteiger partial charge >= 0.3 is 5.97 Å². The number of benzene rings is 1. The maximum atomic E-state index is 13.2. The zero-order chi connectivity index (χ0) is 23.9. The van der Waals surface area contributed by atoms with Crippen molar-refractivity contribution >= 4 is 71.4 Å². The molecule has 0 radical (unpaired) electrons. The molecule has 1 amide bonds. The second-order valence-electron chi connectivity index (χ2n) is 7.87. The number of pyridine rings is 1. The van der Waals surface area contributed by atoms with Crippen molar-refractivity contribution in [2.45, 2.75) is 33.8 Å². The van der Waals surface area contributed by atoms with Crippen LogP contribution in [0.1, 0.15) is 45.1 Å². The van der Waals surface area contributed by atoms with E-state index in [9.17, 15) is 9.59 Å². The number of anilines is 2. The van der Waals surface area contributed by atoms with Gasteiger partial charge in [-0.25, -0.2) is 9.78 Å². The van der Waals surface area contributed by atoms with Crippen molar-refractivity contribution < 1.29 is 14.3 Å². The van der Waals surface area contributed by atoms with Gasteiger partial charge in [-0.1, -0.05) is 28.1 Å². The molecule has 33 heavy (non-hydrogen) atoms. The van der Waals surface area contributed by atoms with Crippen LogP contribution < -0.4 is 11.1 Å². The number of aryl methyl sites for hydroxylation is 2. The lowest BCUT2D eigenvalue weighted by molar-refractivity contribution is 0.0380. The second kappa shape index (κ2) is 9.24. The summed E-state index contributed by atoms with van der Waals surface area (Å²) in [5, 5.41) is 5.94. The Hall–Kier alpha value is -2.75. The van der Waals surface area contributed by atoms with E-state index in [2.05, 4.69) is 26.2 Å². The first-order valence-corrected chi connectivity index (χ1v) is 12.7. The van der Waals surface area contributed by atoms with Gasteiger partial charge in [0.05, 0.1) is 11.8 Å². The Kier molecular flexibility index (Phi) is 6.56. The first-order chi connectivity index (χ1) is 15.7. The summed E-state index contributed by atoms with van der Waals surface area (Å²) in [7, 11) is 0. The highest BCUT2D eigenvalue weighted by atomic mass is 79.9. The fourth-order valence-corrected chi connectivity index (χ4v) is 5.89. The Morgan fingerprint density at radius 3 is 2.55 bits per heavy atom. The summed E-state index contributed by atoms with van der Waals surface area (Å²) in [6.07, 6.45) is -0.297. The molecule has 6 nitrogen and oxygen atoms in total. The van der Waals surface area contributed by atoms with E-state index < -0.39 is 5.97 Å². The number of ether oxygens (including phenoxy) is 1. The van der Waals surface area contributed by atoms with Crippen molar-refractivity contribution in [1.29, 1.82) is 0 Å². The Bertz CT molecular complexity index is 1370. The van der Waals surface area contributed by atoms with Gasteiger partial charge < -0.3 is 15.8 Å². The van der Waals surface area contributed by atoms with Gasteiger partial charge in [-0.05, 0) is 57.0 Å². The van der Waals surface area contributed by atoms with Gasteiger partial charge in [-0.15, -0.1) is 22.7 Å². The third kappa shape index (κ3) is 4.66. The molecule has 4 rings (SSSR count). The maximum Gasteiger partial charge on any atom is 0.342 e. The number of carbonyl (C=O) groups excluding carboxylic acids is 2. The Labute approximate surface area is 207 Å². The van der Waals surface area contributed by atoms with E-state index in [1.54, 1.807) is 13.8 Å². The largest absolute Gasteiger partial charge is 0.459 e. The Morgan fingerprint density at radius 2 is 1.88 bits per heavy atom. The van der Waals surface area contributed by atoms with Crippen LogP contribution in [0.25, 0.3) is 21.3 Å². The molecule has 0 aliphatic heterocycles. The van der Waals surface area contributed by atoms with E-state index in [0.29, 0.717) is 26.7 Å². The Balaban J connectivity index is 1.75. The molecule has 0 fully saturated rings. The molecule has 0 saturated heterocycles. The highest BCUT2D eigenvalue weighted by molar-refractivity contribution is 9.10. The fourth-order valence-electron chi connectivity index (χ4n) is 3.57. The zero-order valence-electron chi connectivity index (χ0n) is 18.5. The van der Waals surface area contributed by atoms with E-state index in [0.717, 1.165) is 31.5 Å². The first kappa shape index (κ1) is 23.4. The number of halogens is 1. The van der Waals surface area contributed by atoms with Crippen LogP contribution in [0.4, 0.5) is 10.7 Å². The van der Waals surface area contributed by atoms with Gasteiger partial charge in [0.1, 0.15) is 20.3 Å². The van der Waals surface area contributed by atoms with Crippen LogP contribution in [0.2, 0.25) is 0 Å². The third-order valence-corrected chi connectivity index (χ3v) is 7.47. The molecule has 0 bridgehead atoms. The van der Waals surface area contributed by atoms with Crippen LogP contribution in [0.5, 0.6) is 0 Å². The van der Waals surface area contributed by atoms with Crippen LogP contribution in [0.3, 0.4) is 0 Å². The predicted octanol–water partition coefficient (Wildman–Crippen LogP) is 6.80. The van der Waals surface area contributed by atoms with Crippen molar-refractivity contribution in [2.75, 3.05) is 11.1 Å². The summed E-state index contributed by atoms with van der Waals surface area (Å²) in [6, 6.07) is 9.56. The molecule has 0 unspecified atom stereocenters. The molecule has 0 saturated carbocycles. The molecule has 0 spiro atoms. The average molecular weight is 544 g/mol. The van der Waals surface area contributed by atoms with Crippen molar-refractivity contribution in [3.8, 4) is 11.1 Å². The molecule has 0 aliphatic carbocycles. The molecule has 1 aromatic carbocycles. The number of nitrogens with one attached hydrogen (secondary N) is 1. The number of hydrogen-bond acceptors (Lipinski definition) is 7. The van der Waals surface area contributed by atoms with Gasteiger partial charge in [0.2, 0.25) is 0 Å². The van der Waals surface area contributed by atoms with Crippen LogP contribution in [0.15, 0.2) is 40.2 Å². The number of amides is 1. The smallest absolute Gasteiger partial charge is 0.342 e. The van der Waals surface area contributed by atoms with E-state index in [1.807, 2.05) is 49.6 Å². The van der Waals surface area contributed by atoms with Crippen molar-refractivity contribution in [3.63, 3.8) is 0 Å². The highest BCUT2D eigenvalue weighted by Gasteiger charge is 2.26. The SMILES string of the molecule is Cc1cc(C)c2c(N)c(C(=O)Nc3scc(-c4ccc(Br)cc4)c3C(=O)OC(C)C)sc2n1. The number of nitrogens with two attached hydrogens (primary N) is 1. The van der Waals surface area contributed by atoms with Gasteiger partial charge in [-0.3, -0.25) is 4.79 Å². The second-order valence-corrected chi connectivity index (χ2v) is 10.7. The fraction of sp³-hybridized carbons (Fsp3) is 0.208. The molecular weight excluding hydrogens is 522 g/mol. The normalized spacial score (nSPS) is 11.2. The molecule has 0 atom stereocenters. The number of hydrogen-bond donors (Lipinski definition) is 2. The minimum absolute atomic E-state index is 0.297. The van der Waals surface area contributed by atoms with Crippen molar-refractivity contribution in [2.24, 2.45) is 0 Å². The third-order valence-electron chi connectivity index (χ3n) is 4.95. The monoisotopic (exact) mass is 543 g/mol. The minimum atomic E-state index is -0.489. The molecule has 3 N–H and O–H groups in total.